The van der Waals surface area contributed by atoms with Crippen LogP contribution in [0.1, 0.15) is 31.2 Å². The van der Waals surface area contributed by atoms with E-state index in [2.05, 4.69) is 26.0 Å². The molecule has 2 atom stereocenters. The minimum Gasteiger partial charge on any atom is -0.449 e. The molecule has 0 saturated carbocycles. The van der Waals surface area contributed by atoms with Gasteiger partial charge in [0.25, 0.3) is 0 Å². The number of ether oxygens (including phenoxy) is 1. The van der Waals surface area contributed by atoms with Crippen molar-refractivity contribution >= 4 is 31.9 Å². The van der Waals surface area contributed by atoms with Gasteiger partial charge in [-0.3, -0.25) is 9.89 Å². The third-order valence-electron chi connectivity index (χ3n) is 5.45. The topological polar surface area (TPSA) is 142 Å². The molecule has 4 N–H and O–H groups in total. The van der Waals surface area contributed by atoms with Crippen LogP contribution in [0.25, 0.3) is 0 Å². The number of amides is 2. The molecule has 11 heteroatoms. The first-order valence-corrected chi connectivity index (χ1v) is 12.5. The number of rotatable bonds is 10. The maximum atomic E-state index is 12.1. The Kier molecular flexibility index (Phi) is 8.24. The van der Waals surface area contributed by atoms with E-state index in [-0.39, 0.29) is 24.9 Å². The lowest BCUT2D eigenvalue weighted by Crippen LogP contribution is -2.32. The Labute approximate surface area is 182 Å². The van der Waals surface area contributed by atoms with Gasteiger partial charge in [0.05, 0.1) is 18.7 Å². The number of aromatic nitrogens is 3. The number of nitrogens with one attached hydrogen (secondary N) is 3. The molecule has 1 radical (unpaired) electrons. The summed E-state index contributed by atoms with van der Waals surface area (Å²) in [6.07, 6.45) is 1.49. The van der Waals surface area contributed by atoms with E-state index in [1.807, 2.05) is 13.0 Å². The second kappa shape index (κ2) is 11.1. The van der Waals surface area contributed by atoms with Crippen molar-refractivity contribution in [1.82, 2.24) is 20.7 Å². The molecule has 1 fully saturated rings. The number of anilines is 1. The third-order valence-corrected chi connectivity index (χ3v) is 8.43. The van der Waals surface area contributed by atoms with Crippen molar-refractivity contribution in [2.45, 2.75) is 45.2 Å². The van der Waals surface area contributed by atoms with E-state index in [1.165, 1.54) is 0 Å². The predicted octanol–water partition coefficient (Wildman–Crippen LogP) is 1.35. The number of hydrogen-bond acceptors (Lipinski definition) is 7. The quantitative estimate of drug-likeness (QED) is 0.402. The number of hydrogen-bond donors (Lipinski definition) is 4. The molecule has 1 aliphatic rings. The summed E-state index contributed by atoms with van der Waals surface area (Å²) >= 11 is 0. The molecule has 2 aromatic rings. The largest absolute Gasteiger partial charge is 0.449 e. The third kappa shape index (κ3) is 6.93. The number of alkyl carbamates (subject to hydrolysis) is 1. The normalized spacial score (nSPS) is 17.5. The lowest BCUT2D eigenvalue weighted by Gasteiger charge is -2.14. The number of aliphatic hydroxyl groups excluding tert-OH is 1. The SMILES string of the molecule is CCC(CO)CNC(=O)OCC1CC[Si](c2cc(NC(=O)Cc3cc(C)no3)n[nH]2)C1. The summed E-state index contributed by atoms with van der Waals surface area (Å²) in [6.45, 7) is 4.64. The average Bonchev–Trinajstić information content (AvgIpc) is 3.48. The summed E-state index contributed by atoms with van der Waals surface area (Å²) in [5.74, 6) is 1.20. The fourth-order valence-electron chi connectivity index (χ4n) is 3.54. The van der Waals surface area contributed by atoms with Gasteiger partial charge in [-0.25, -0.2) is 4.79 Å². The molecule has 31 heavy (non-hydrogen) atoms. The highest BCUT2D eigenvalue weighted by Gasteiger charge is 2.30. The Hall–Kier alpha value is -2.66. The number of H-pyrrole nitrogens is 1. The number of aliphatic hydroxyl groups is 1. The van der Waals surface area contributed by atoms with E-state index >= 15 is 0 Å². The fourth-order valence-corrected chi connectivity index (χ4v) is 6.56. The van der Waals surface area contributed by atoms with Crippen molar-refractivity contribution in [3.05, 3.63) is 23.6 Å². The smallest absolute Gasteiger partial charge is 0.407 e. The molecule has 2 unspecified atom stereocenters. The predicted molar refractivity (Wildman–Crippen MR) is 115 cm³/mol. The van der Waals surface area contributed by atoms with Crippen LogP contribution in [0.4, 0.5) is 10.6 Å². The van der Waals surface area contributed by atoms with Crippen LogP contribution in [0, 0.1) is 18.8 Å². The maximum absolute atomic E-state index is 12.1. The fraction of sp³-hybridized carbons (Fsp3) is 0.600. The number of carbonyl (C=O) groups excluding carboxylic acids is 2. The second-order valence-corrected chi connectivity index (χ2v) is 10.6. The van der Waals surface area contributed by atoms with Gasteiger partial charge in [0, 0.05) is 24.5 Å². The lowest BCUT2D eigenvalue weighted by molar-refractivity contribution is -0.115. The summed E-state index contributed by atoms with van der Waals surface area (Å²) in [7, 11) is -0.830. The van der Waals surface area contributed by atoms with Crippen molar-refractivity contribution in [2.75, 3.05) is 25.1 Å². The first kappa shape index (κ1) is 23.0. The van der Waals surface area contributed by atoms with Crippen LogP contribution < -0.4 is 16.0 Å². The molecular formula is C20H30N5O5Si. The molecule has 10 nitrogen and oxygen atoms in total. The van der Waals surface area contributed by atoms with Crippen molar-refractivity contribution in [3.63, 3.8) is 0 Å². The standard InChI is InChI=1S/C20H30N5O5Si/c1-3-14(10-26)9-21-20(28)29-11-15-4-5-31(12-15)19-8-17(23-24-19)22-18(27)7-16-6-13(2)25-30-16/h6,8,14-15,26H,3-5,7,9-12H2,1-2H3,(H,21,28)(H2,22,23,24,27). The minimum atomic E-state index is -0.830. The Morgan fingerprint density at radius 2 is 2.29 bits per heavy atom. The van der Waals surface area contributed by atoms with Crippen LogP contribution in [0.5, 0.6) is 0 Å². The van der Waals surface area contributed by atoms with E-state index in [0.717, 1.165) is 35.9 Å². The number of aryl methyl sites for hydroxylation is 1. The molecule has 1 aliphatic heterocycles. The first-order valence-electron chi connectivity index (χ1n) is 10.6. The summed E-state index contributed by atoms with van der Waals surface area (Å²) in [5, 5.41) is 26.8. The molecule has 2 amide bonds. The molecule has 169 valence electrons. The van der Waals surface area contributed by atoms with Crippen LogP contribution in [-0.4, -0.2) is 61.0 Å². The number of nitrogens with zero attached hydrogens (tertiary/aromatic N) is 2. The molecule has 3 heterocycles. The van der Waals surface area contributed by atoms with Crippen LogP contribution in [0.3, 0.4) is 0 Å². The van der Waals surface area contributed by atoms with Gasteiger partial charge in [-0.15, -0.1) is 0 Å². The van der Waals surface area contributed by atoms with Gasteiger partial charge in [-0.1, -0.05) is 18.1 Å². The average molecular weight is 449 g/mol. The Morgan fingerprint density at radius 3 is 3.00 bits per heavy atom. The Morgan fingerprint density at radius 1 is 1.45 bits per heavy atom. The summed E-state index contributed by atoms with van der Waals surface area (Å²) in [5.41, 5.74) is 0.738. The van der Waals surface area contributed by atoms with E-state index in [1.54, 1.807) is 13.0 Å². The Balaban J connectivity index is 1.39. The van der Waals surface area contributed by atoms with Gasteiger partial charge >= 0.3 is 6.09 Å². The van der Waals surface area contributed by atoms with Crippen molar-refractivity contribution in [1.29, 1.82) is 0 Å². The molecular weight excluding hydrogens is 418 g/mol. The van der Waals surface area contributed by atoms with Crippen molar-refractivity contribution in [2.24, 2.45) is 11.8 Å². The first-order chi connectivity index (χ1) is 15.0. The highest BCUT2D eigenvalue weighted by atomic mass is 28.3. The zero-order valence-electron chi connectivity index (χ0n) is 17.9. The molecule has 0 aliphatic carbocycles. The highest BCUT2D eigenvalue weighted by molar-refractivity contribution is 6.73. The van der Waals surface area contributed by atoms with Gasteiger partial charge in [0.2, 0.25) is 5.91 Å². The van der Waals surface area contributed by atoms with E-state index in [0.29, 0.717) is 30.6 Å². The van der Waals surface area contributed by atoms with E-state index < -0.39 is 14.9 Å². The summed E-state index contributed by atoms with van der Waals surface area (Å²) in [6, 6.07) is 5.68. The molecule has 3 rings (SSSR count). The van der Waals surface area contributed by atoms with Gasteiger partial charge in [0.1, 0.15) is 14.6 Å². The lowest BCUT2D eigenvalue weighted by atomic mass is 10.1. The van der Waals surface area contributed by atoms with Gasteiger partial charge in [-0.2, -0.15) is 5.10 Å². The Bertz CT molecular complexity index is 866. The van der Waals surface area contributed by atoms with Gasteiger partial charge < -0.3 is 25.0 Å². The van der Waals surface area contributed by atoms with Gasteiger partial charge in [0.15, 0.2) is 5.82 Å². The molecule has 2 aromatic heterocycles. The monoisotopic (exact) mass is 448 g/mol. The minimum absolute atomic E-state index is 0.0531. The van der Waals surface area contributed by atoms with Gasteiger partial charge in [-0.05, 0) is 43.7 Å². The van der Waals surface area contributed by atoms with Crippen LogP contribution in [0.15, 0.2) is 16.7 Å². The van der Waals surface area contributed by atoms with Crippen LogP contribution in [0.2, 0.25) is 12.1 Å². The second-order valence-electron chi connectivity index (χ2n) is 7.98. The zero-order valence-corrected chi connectivity index (χ0v) is 18.9. The number of carbonyl (C=O) groups is 2. The van der Waals surface area contributed by atoms with Crippen LogP contribution in [-0.2, 0) is 16.0 Å². The van der Waals surface area contributed by atoms with E-state index in [9.17, 15) is 9.59 Å². The number of aromatic amines is 1. The maximum Gasteiger partial charge on any atom is 0.407 e. The summed E-state index contributed by atoms with van der Waals surface area (Å²) in [4.78, 5) is 24.0. The zero-order chi connectivity index (χ0) is 22.2. The van der Waals surface area contributed by atoms with Crippen molar-refractivity contribution < 1.29 is 24.0 Å². The molecule has 1 saturated heterocycles. The molecule has 0 spiro atoms. The molecule has 0 bridgehead atoms. The summed E-state index contributed by atoms with van der Waals surface area (Å²) < 4.78 is 10.4. The highest BCUT2D eigenvalue weighted by Crippen LogP contribution is 2.27. The van der Waals surface area contributed by atoms with E-state index in [4.69, 9.17) is 14.4 Å². The molecule has 0 aromatic carbocycles. The van der Waals surface area contributed by atoms with Crippen molar-refractivity contribution in [3.8, 4) is 0 Å². The van der Waals surface area contributed by atoms with Crippen LogP contribution >= 0.6 is 0 Å².